The minimum absolute atomic E-state index is 0.0422. The molecule has 1 atom stereocenters. The first kappa shape index (κ1) is 63.1. The van der Waals surface area contributed by atoms with Gasteiger partial charge in [-0.2, -0.15) is 0 Å². The number of esters is 2. The van der Waals surface area contributed by atoms with Gasteiger partial charge in [0.05, 0.1) is 6.61 Å². The Labute approximate surface area is 409 Å². The minimum atomic E-state index is -0.572. The summed E-state index contributed by atoms with van der Waals surface area (Å²) in [6.07, 6.45) is 74.7. The summed E-state index contributed by atoms with van der Waals surface area (Å²) in [5.74, 6) is -0.490. The van der Waals surface area contributed by atoms with Crippen molar-refractivity contribution in [2.45, 2.75) is 271 Å². The Kier molecular flexibility index (Phi) is 53.9. The van der Waals surface area contributed by atoms with Crippen LogP contribution in [0.15, 0.2) is 85.1 Å². The van der Waals surface area contributed by atoms with Crippen molar-refractivity contribution >= 4 is 11.9 Å². The molecule has 0 saturated heterocycles. The van der Waals surface area contributed by atoms with Crippen molar-refractivity contribution in [2.75, 3.05) is 19.8 Å². The van der Waals surface area contributed by atoms with Crippen LogP contribution in [0.4, 0.5) is 0 Å². The molecule has 0 saturated carbocycles. The summed E-state index contributed by atoms with van der Waals surface area (Å²) in [7, 11) is 0. The molecular formula is C61H106O5. The predicted molar refractivity (Wildman–Crippen MR) is 288 cm³/mol. The van der Waals surface area contributed by atoms with Gasteiger partial charge in [0.1, 0.15) is 6.61 Å². The molecule has 0 aliphatic heterocycles. The predicted octanol–water partition coefficient (Wildman–Crippen LogP) is 19.2. The Morgan fingerprint density at radius 3 is 1.15 bits per heavy atom. The lowest BCUT2D eigenvalue weighted by Gasteiger charge is -2.18. The Balaban J connectivity index is 4.39. The average molecular weight is 920 g/mol. The summed E-state index contributed by atoms with van der Waals surface area (Å²) in [5.41, 5.74) is 0. The molecule has 66 heavy (non-hydrogen) atoms. The standard InChI is InChI=1S/C61H106O5/c1-4-7-10-13-16-19-22-25-28-30-31-32-34-36-39-42-45-48-51-54-60(62)65-58-59(57-64-56-53-50-47-44-41-38-35-29-26-23-20-17-14-11-8-5-2)66-61(63)55-52-49-46-43-40-37-33-27-24-21-18-15-12-9-6-3/h7,10,16,19,25-26,28-29,31-32,36,39,45,48,59H,4-6,8-9,11-15,17-18,20-24,27,30,33-35,37-38,40-44,46-47,49-58H2,1-3H3/b10-7-,19-16-,28-25-,29-26-,32-31-,39-36-,48-45-. The van der Waals surface area contributed by atoms with Crippen LogP contribution in [0.25, 0.3) is 0 Å². The third-order valence-electron chi connectivity index (χ3n) is 11.9. The number of carbonyl (C=O) groups excluding carboxylic acids is 2. The largest absolute Gasteiger partial charge is 0.462 e. The maximum Gasteiger partial charge on any atom is 0.306 e. The quantitative estimate of drug-likeness (QED) is 0.0346. The van der Waals surface area contributed by atoms with Crippen molar-refractivity contribution in [3.8, 4) is 0 Å². The van der Waals surface area contributed by atoms with Crippen molar-refractivity contribution < 1.29 is 23.8 Å². The van der Waals surface area contributed by atoms with E-state index in [0.717, 1.165) is 64.2 Å². The zero-order valence-electron chi connectivity index (χ0n) is 43.7. The second kappa shape index (κ2) is 56.4. The molecule has 0 aliphatic carbocycles. The van der Waals surface area contributed by atoms with Crippen molar-refractivity contribution in [3.05, 3.63) is 85.1 Å². The van der Waals surface area contributed by atoms with E-state index in [1.54, 1.807) is 0 Å². The van der Waals surface area contributed by atoms with Crippen molar-refractivity contribution in [1.29, 1.82) is 0 Å². The lowest BCUT2D eigenvalue weighted by atomic mass is 10.0. The highest BCUT2D eigenvalue weighted by Gasteiger charge is 2.17. The molecule has 0 aromatic heterocycles. The summed E-state index contributed by atoms with van der Waals surface area (Å²) in [4.78, 5) is 25.5. The second-order valence-electron chi connectivity index (χ2n) is 18.5. The highest BCUT2D eigenvalue weighted by molar-refractivity contribution is 5.70. The number of hydrogen-bond acceptors (Lipinski definition) is 5. The molecule has 0 fully saturated rings. The fourth-order valence-electron chi connectivity index (χ4n) is 7.77. The van der Waals surface area contributed by atoms with E-state index in [0.29, 0.717) is 25.9 Å². The first-order chi connectivity index (χ1) is 32.6. The minimum Gasteiger partial charge on any atom is -0.462 e. The molecular weight excluding hydrogens is 813 g/mol. The molecule has 5 nitrogen and oxygen atoms in total. The van der Waals surface area contributed by atoms with Gasteiger partial charge in [0.15, 0.2) is 6.10 Å². The summed E-state index contributed by atoms with van der Waals surface area (Å²) < 4.78 is 17.4. The number of carbonyl (C=O) groups is 2. The molecule has 0 bridgehead atoms. The van der Waals surface area contributed by atoms with E-state index in [1.807, 2.05) is 6.08 Å². The fourth-order valence-corrected chi connectivity index (χ4v) is 7.77. The van der Waals surface area contributed by atoms with Crippen LogP contribution in [0.5, 0.6) is 0 Å². The van der Waals surface area contributed by atoms with E-state index in [1.165, 1.54) is 161 Å². The van der Waals surface area contributed by atoms with Gasteiger partial charge in [-0.1, -0.05) is 254 Å². The average Bonchev–Trinajstić information content (AvgIpc) is 3.32. The SMILES string of the molecule is CC/C=C\C/C=C\C/C=C\C/C=C\C/C=C\C/C=C\CCC(=O)OCC(COCCCCCCCC/C=C\CCCCCCCC)OC(=O)CCCCCCCCCCCCCCCCC. The highest BCUT2D eigenvalue weighted by Crippen LogP contribution is 2.15. The van der Waals surface area contributed by atoms with Crippen molar-refractivity contribution in [1.82, 2.24) is 0 Å². The van der Waals surface area contributed by atoms with Crippen LogP contribution in [0.1, 0.15) is 265 Å². The molecule has 0 heterocycles. The number of ether oxygens (including phenoxy) is 3. The number of unbranched alkanes of at least 4 members (excludes halogenated alkanes) is 26. The van der Waals surface area contributed by atoms with E-state index in [9.17, 15) is 9.59 Å². The van der Waals surface area contributed by atoms with Gasteiger partial charge in [-0.05, 0) is 83.5 Å². The van der Waals surface area contributed by atoms with Gasteiger partial charge in [0.25, 0.3) is 0 Å². The Hall–Kier alpha value is -2.92. The lowest BCUT2D eigenvalue weighted by Crippen LogP contribution is -2.30. The molecule has 0 aromatic rings. The van der Waals surface area contributed by atoms with Gasteiger partial charge >= 0.3 is 11.9 Å². The van der Waals surface area contributed by atoms with Crippen LogP contribution >= 0.6 is 0 Å². The van der Waals surface area contributed by atoms with E-state index in [2.05, 4.69) is 99.8 Å². The van der Waals surface area contributed by atoms with Gasteiger partial charge in [-0.15, -0.1) is 0 Å². The summed E-state index contributed by atoms with van der Waals surface area (Å²) in [6.45, 7) is 7.64. The third-order valence-corrected chi connectivity index (χ3v) is 11.9. The van der Waals surface area contributed by atoms with Crippen LogP contribution in [0, 0.1) is 0 Å². The van der Waals surface area contributed by atoms with E-state index < -0.39 is 6.10 Å². The Morgan fingerprint density at radius 1 is 0.348 bits per heavy atom. The monoisotopic (exact) mass is 919 g/mol. The number of rotatable bonds is 51. The van der Waals surface area contributed by atoms with Gasteiger partial charge in [-0.3, -0.25) is 9.59 Å². The zero-order chi connectivity index (χ0) is 47.7. The normalized spacial score (nSPS) is 12.8. The maximum absolute atomic E-state index is 12.8. The molecule has 0 amide bonds. The van der Waals surface area contributed by atoms with Gasteiger partial charge < -0.3 is 14.2 Å². The zero-order valence-corrected chi connectivity index (χ0v) is 43.7. The molecule has 0 aliphatic rings. The Bertz CT molecular complexity index is 1220. The smallest absolute Gasteiger partial charge is 0.306 e. The van der Waals surface area contributed by atoms with Gasteiger partial charge in [-0.25, -0.2) is 0 Å². The molecule has 0 spiro atoms. The number of hydrogen-bond donors (Lipinski definition) is 0. The molecule has 0 aromatic carbocycles. The second-order valence-corrected chi connectivity index (χ2v) is 18.5. The molecule has 1 unspecified atom stereocenters. The molecule has 0 rings (SSSR count). The molecule has 0 radical (unpaired) electrons. The van der Waals surface area contributed by atoms with Crippen molar-refractivity contribution in [2.24, 2.45) is 0 Å². The van der Waals surface area contributed by atoms with Gasteiger partial charge in [0, 0.05) is 19.4 Å². The third kappa shape index (κ3) is 53.7. The summed E-state index contributed by atoms with van der Waals surface area (Å²) in [6, 6.07) is 0. The number of allylic oxidation sites excluding steroid dienone is 14. The van der Waals surface area contributed by atoms with Crippen LogP contribution in [0.3, 0.4) is 0 Å². The molecule has 0 N–H and O–H groups in total. The molecule has 380 valence electrons. The van der Waals surface area contributed by atoms with Crippen LogP contribution in [-0.2, 0) is 23.8 Å². The van der Waals surface area contributed by atoms with E-state index in [4.69, 9.17) is 14.2 Å². The molecule has 5 heteroatoms. The van der Waals surface area contributed by atoms with Gasteiger partial charge in [0.2, 0.25) is 0 Å². The maximum atomic E-state index is 12.8. The first-order valence-corrected chi connectivity index (χ1v) is 28.1. The fraction of sp³-hybridized carbons (Fsp3) is 0.738. The topological polar surface area (TPSA) is 61.8 Å². The van der Waals surface area contributed by atoms with E-state index in [-0.39, 0.29) is 25.2 Å². The lowest BCUT2D eigenvalue weighted by molar-refractivity contribution is -0.162. The van der Waals surface area contributed by atoms with Crippen LogP contribution in [0.2, 0.25) is 0 Å². The first-order valence-electron chi connectivity index (χ1n) is 28.1. The Morgan fingerprint density at radius 2 is 0.712 bits per heavy atom. The van der Waals surface area contributed by atoms with Crippen molar-refractivity contribution in [3.63, 3.8) is 0 Å². The highest BCUT2D eigenvalue weighted by atomic mass is 16.6. The van der Waals surface area contributed by atoms with Crippen LogP contribution in [-0.4, -0.2) is 37.9 Å². The summed E-state index contributed by atoms with van der Waals surface area (Å²) in [5, 5.41) is 0. The van der Waals surface area contributed by atoms with E-state index >= 15 is 0 Å². The summed E-state index contributed by atoms with van der Waals surface area (Å²) >= 11 is 0. The van der Waals surface area contributed by atoms with Crippen LogP contribution < -0.4 is 0 Å².